The first-order valence-corrected chi connectivity index (χ1v) is 6.61. The number of hydrogen-bond acceptors (Lipinski definition) is 0. The van der Waals surface area contributed by atoms with E-state index in [4.69, 9.17) is 58.0 Å². The van der Waals surface area contributed by atoms with Crippen LogP contribution in [0, 0.1) is 0 Å². The molecule has 1 rings (SSSR count). The molecule has 0 atom stereocenters. The molecular formula is C11H10Cl5O. The Hall–Kier alpha value is 0.630. The average molecular weight is 335 g/mol. The van der Waals surface area contributed by atoms with Gasteiger partial charge in [-0.3, -0.25) is 0 Å². The lowest BCUT2D eigenvalue weighted by Gasteiger charge is -2.28. The van der Waals surface area contributed by atoms with Crippen LogP contribution < -0.4 is 0 Å². The lowest BCUT2D eigenvalue weighted by atomic mass is 9.97. The van der Waals surface area contributed by atoms with Crippen molar-refractivity contribution in [2.75, 3.05) is 0 Å². The van der Waals surface area contributed by atoms with Gasteiger partial charge in [0.05, 0.1) is 0 Å². The van der Waals surface area contributed by atoms with Crippen molar-refractivity contribution in [3.8, 4) is 0 Å². The van der Waals surface area contributed by atoms with Crippen molar-refractivity contribution in [3.05, 3.63) is 35.4 Å². The van der Waals surface area contributed by atoms with Gasteiger partial charge in [0, 0.05) is 0 Å². The Balaban J connectivity index is 3.12. The lowest BCUT2D eigenvalue weighted by Crippen LogP contribution is -2.28. The molecule has 0 saturated carbocycles. The summed E-state index contributed by atoms with van der Waals surface area (Å²) in [5, 5.41) is 11.7. The molecule has 0 saturated heterocycles. The van der Waals surface area contributed by atoms with Gasteiger partial charge >= 0.3 is 0 Å². The van der Waals surface area contributed by atoms with Gasteiger partial charge in [-0.25, -0.2) is 5.11 Å². The minimum atomic E-state index is -1.86. The molecule has 1 aromatic carbocycles. The minimum Gasteiger partial charge on any atom is -0.225 e. The second-order valence-electron chi connectivity index (χ2n) is 4.16. The lowest BCUT2D eigenvalue weighted by molar-refractivity contribution is -0.000113. The fourth-order valence-electron chi connectivity index (χ4n) is 1.24. The molecule has 0 aliphatic heterocycles. The van der Waals surface area contributed by atoms with Gasteiger partial charge in [-0.2, -0.15) is 0 Å². The quantitative estimate of drug-likeness (QED) is 0.649. The molecule has 0 bridgehead atoms. The zero-order valence-corrected chi connectivity index (χ0v) is 12.9. The predicted molar refractivity (Wildman–Crippen MR) is 73.8 cm³/mol. The molecular weight excluding hydrogens is 325 g/mol. The van der Waals surface area contributed by atoms with Crippen LogP contribution in [0.15, 0.2) is 24.3 Å². The Bertz CT molecular complexity index is 386. The Morgan fingerprint density at radius 3 is 1.47 bits per heavy atom. The largest absolute Gasteiger partial charge is 0.227 e. The smallest absolute Gasteiger partial charge is 0.225 e. The second-order valence-corrected chi connectivity index (χ2v) is 7.77. The second kappa shape index (κ2) is 4.96. The monoisotopic (exact) mass is 333 g/mol. The summed E-state index contributed by atoms with van der Waals surface area (Å²) in [7, 11) is 0. The molecule has 1 aromatic rings. The minimum absolute atomic E-state index is 0.425. The maximum Gasteiger partial charge on any atom is 0.227 e. The summed E-state index contributed by atoms with van der Waals surface area (Å²) in [5.74, 6) is 0. The normalized spacial score (nSPS) is 13.9. The highest BCUT2D eigenvalue weighted by Crippen LogP contribution is 2.52. The fraction of sp³-hybridized carbons (Fsp3) is 0.455. The molecule has 0 spiro atoms. The summed E-state index contributed by atoms with van der Waals surface area (Å²) >= 11 is 29.1. The zero-order valence-electron chi connectivity index (χ0n) is 9.11. The van der Waals surface area contributed by atoms with Crippen LogP contribution in [0.3, 0.4) is 0 Å². The van der Waals surface area contributed by atoms with E-state index in [2.05, 4.69) is 0 Å². The zero-order chi connectivity index (χ0) is 13.5. The highest BCUT2D eigenvalue weighted by atomic mass is 35.6. The molecule has 1 radical (unpaired) electrons. The molecule has 0 amide bonds. The first-order valence-electron chi connectivity index (χ1n) is 4.72. The third-order valence-corrected chi connectivity index (χ3v) is 4.73. The van der Waals surface area contributed by atoms with Crippen LogP contribution in [-0.4, -0.2) is 3.79 Å². The fourth-order valence-corrected chi connectivity index (χ4v) is 1.82. The van der Waals surface area contributed by atoms with Gasteiger partial charge in [0.25, 0.3) is 0 Å². The van der Waals surface area contributed by atoms with Crippen LogP contribution in [0.25, 0.3) is 0 Å². The Morgan fingerprint density at radius 2 is 1.18 bits per heavy atom. The van der Waals surface area contributed by atoms with Gasteiger partial charge in [-0.1, -0.05) is 82.3 Å². The van der Waals surface area contributed by atoms with Crippen LogP contribution in [0.1, 0.15) is 25.0 Å². The molecule has 17 heavy (non-hydrogen) atoms. The molecule has 0 unspecified atom stereocenters. The van der Waals surface area contributed by atoms with Gasteiger partial charge in [-0.05, 0) is 25.0 Å². The van der Waals surface area contributed by atoms with Gasteiger partial charge in [0.2, 0.25) is 3.79 Å². The van der Waals surface area contributed by atoms with Crippen molar-refractivity contribution in [3.63, 3.8) is 0 Å². The molecule has 0 aliphatic carbocycles. The SMILES string of the molecule is CC(C)([O])c1ccc(C(Cl)(Cl)C(Cl)(Cl)Cl)cc1. The van der Waals surface area contributed by atoms with E-state index in [0.717, 1.165) is 0 Å². The molecule has 0 aliphatic rings. The van der Waals surface area contributed by atoms with Gasteiger partial charge in [0.15, 0.2) is 4.33 Å². The van der Waals surface area contributed by atoms with Crippen molar-refractivity contribution in [1.29, 1.82) is 0 Å². The van der Waals surface area contributed by atoms with E-state index in [1.54, 1.807) is 38.1 Å². The van der Waals surface area contributed by atoms with Crippen LogP contribution in [0.2, 0.25) is 0 Å². The van der Waals surface area contributed by atoms with Crippen molar-refractivity contribution in [1.82, 2.24) is 0 Å². The third-order valence-electron chi connectivity index (χ3n) is 2.30. The predicted octanol–water partition coefficient (Wildman–Crippen LogP) is 5.35. The van der Waals surface area contributed by atoms with Crippen molar-refractivity contribution >= 4 is 58.0 Å². The van der Waals surface area contributed by atoms with E-state index in [9.17, 15) is 5.11 Å². The maximum absolute atomic E-state index is 11.7. The summed E-state index contributed by atoms with van der Waals surface area (Å²) < 4.78 is -3.52. The summed E-state index contributed by atoms with van der Waals surface area (Å²) in [6.45, 7) is 3.12. The van der Waals surface area contributed by atoms with Crippen molar-refractivity contribution < 1.29 is 5.11 Å². The van der Waals surface area contributed by atoms with E-state index in [0.29, 0.717) is 11.1 Å². The number of hydrogen-bond donors (Lipinski definition) is 0. The molecule has 0 heterocycles. The topological polar surface area (TPSA) is 19.9 Å². The summed E-state index contributed by atoms with van der Waals surface area (Å²) in [4.78, 5) is 0. The summed E-state index contributed by atoms with van der Waals surface area (Å²) in [6, 6.07) is 6.41. The molecule has 0 aromatic heterocycles. The van der Waals surface area contributed by atoms with Crippen LogP contribution in [-0.2, 0) is 15.0 Å². The Morgan fingerprint density at radius 1 is 0.824 bits per heavy atom. The summed E-state index contributed by atoms with van der Waals surface area (Å²) in [6.07, 6.45) is 0. The van der Waals surface area contributed by atoms with E-state index in [-0.39, 0.29) is 0 Å². The summed E-state index contributed by atoms with van der Waals surface area (Å²) in [5.41, 5.74) is -0.164. The molecule has 0 N–H and O–H groups in total. The maximum atomic E-state index is 11.7. The molecule has 6 heteroatoms. The van der Waals surface area contributed by atoms with Crippen molar-refractivity contribution in [2.24, 2.45) is 0 Å². The highest BCUT2D eigenvalue weighted by molar-refractivity contribution is 6.75. The first-order chi connectivity index (χ1) is 7.46. The molecule has 95 valence electrons. The van der Waals surface area contributed by atoms with Crippen LogP contribution in [0.5, 0.6) is 0 Å². The Kier molecular flexibility index (Phi) is 4.57. The molecule has 1 nitrogen and oxygen atoms in total. The van der Waals surface area contributed by atoms with Gasteiger partial charge < -0.3 is 0 Å². The van der Waals surface area contributed by atoms with E-state index in [1.165, 1.54) is 0 Å². The average Bonchev–Trinajstić information content (AvgIpc) is 2.15. The van der Waals surface area contributed by atoms with Crippen LogP contribution in [0.4, 0.5) is 0 Å². The standard InChI is InChI=1S/C11H10Cl5O/c1-9(2,17)7-3-5-8(6-4-7)10(12,13)11(14,15)16/h3-6H,1-2H3. The first kappa shape index (κ1) is 15.7. The van der Waals surface area contributed by atoms with E-state index < -0.39 is 13.7 Å². The van der Waals surface area contributed by atoms with E-state index >= 15 is 0 Å². The number of rotatable bonds is 2. The third kappa shape index (κ3) is 3.56. The highest BCUT2D eigenvalue weighted by Gasteiger charge is 2.47. The Labute approximate surface area is 126 Å². The van der Waals surface area contributed by atoms with Crippen molar-refractivity contribution in [2.45, 2.75) is 27.6 Å². The van der Waals surface area contributed by atoms with E-state index in [1.807, 2.05) is 0 Å². The van der Waals surface area contributed by atoms with Crippen LogP contribution >= 0.6 is 58.0 Å². The van der Waals surface area contributed by atoms with Gasteiger partial charge in [-0.15, -0.1) is 0 Å². The number of alkyl halides is 5. The molecule has 0 fully saturated rings. The van der Waals surface area contributed by atoms with Gasteiger partial charge in [0.1, 0.15) is 5.60 Å². The number of halogens is 5. The number of benzene rings is 1.